The first-order valence-corrected chi connectivity index (χ1v) is 7.89. The Morgan fingerprint density at radius 1 is 1.36 bits per heavy atom. The van der Waals surface area contributed by atoms with Gasteiger partial charge in [0.05, 0.1) is 19.8 Å². The summed E-state index contributed by atoms with van der Waals surface area (Å²) in [6.07, 6.45) is 2.57. The number of hydrogen-bond acceptors (Lipinski definition) is 5. The molecule has 0 radical (unpaired) electrons. The van der Waals surface area contributed by atoms with Crippen molar-refractivity contribution in [2.24, 2.45) is 0 Å². The topological polar surface area (TPSA) is 43.0 Å². The van der Waals surface area contributed by atoms with Crippen LogP contribution in [0.3, 0.4) is 0 Å². The van der Waals surface area contributed by atoms with Crippen molar-refractivity contribution in [3.8, 4) is 11.5 Å². The highest BCUT2D eigenvalue weighted by molar-refractivity contribution is 5.64. The second-order valence-corrected chi connectivity index (χ2v) is 6.16. The lowest BCUT2D eigenvalue weighted by Crippen LogP contribution is -2.47. The van der Waals surface area contributed by atoms with E-state index in [0.717, 1.165) is 49.8 Å². The summed E-state index contributed by atoms with van der Waals surface area (Å²) in [6.45, 7) is 5.45. The molecule has 1 N–H and O–H groups in total. The number of methoxy groups -OCH3 is 1. The van der Waals surface area contributed by atoms with Gasteiger partial charge in [-0.15, -0.1) is 0 Å². The zero-order valence-corrected chi connectivity index (χ0v) is 12.9. The van der Waals surface area contributed by atoms with Crippen LogP contribution in [0.25, 0.3) is 6.08 Å². The smallest absolute Gasteiger partial charge is 0.127 e. The number of nitrogens with zero attached hydrogens (tertiary/aromatic N) is 1. The number of morpholine rings is 1. The molecule has 0 saturated carbocycles. The van der Waals surface area contributed by atoms with Gasteiger partial charge in [-0.05, 0) is 29.8 Å². The number of ether oxygens (including phenoxy) is 3. The fourth-order valence-electron chi connectivity index (χ4n) is 3.51. The summed E-state index contributed by atoms with van der Waals surface area (Å²) >= 11 is 0. The van der Waals surface area contributed by atoms with Crippen molar-refractivity contribution in [3.05, 3.63) is 29.3 Å². The van der Waals surface area contributed by atoms with E-state index in [2.05, 4.69) is 16.3 Å². The van der Waals surface area contributed by atoms with Gasteiger partial charge in [0, 0.05) is 37.8 Å². The summed E-state index contributed by atoms with van der Waals surface area (Å²) in [7, 11) is 1.69. The predicted octanol–water partition coefficient (Wildman–Crippen LogP) is 1.14. The summed E-state index contributed by atoms with van der Waals surface area (Å²) in [4.78, 5) is 2.45. The average Bonchev–Trinajstić information content (AvgIpc) is 2.96. The molecule has 0 aromatic heterocycles. The van der Waals surface area contributed by atoms with E-state index in [1.54, 1.807) is 7.11 Å². The molecule has 0 bridgehead atoms. The van der Waals surface area contributed by atoms with E-state index in [4.69, 9.17) is 14.2 Å². The average molecular weight is 302 g/mol. The van der Waals surface area contributed by atoms with Crippen LogP contribution in [0.5, 0.6) is 11.5 Å². The highest BCUT2D eigenvalue weighted by atomic mass is 16.5. The number of rotatable bonds is 3. The van der Waals surface area contributed by atoms with Gasteiger partial charge in [-0.25, -0.2) is 0 Å². The molecule has 2 fully saturated rings. The third kappa shape index (κ3) is 2.72. The standard InChI is InChI=1S/C17H22N2O3/c1-20-14-2-3-16-13(7-14)6-12(11-22-16)8-19-9-15-17(10-19)21-5-4-18-15/h2-3,6-7,15,17-18H,4-5,8-11H2,1H3/t15-,17-/m0/s1. The van der Waals surface area contributed by atoms with Crippen LogP contribution < -0.4 is 14.8 Å². The van der Waals surface area contributed by atoms with E-state index in [-0.39, 0.29) is 0 Å². The second-order valence-electron chi connectivity index (χ2n) is 6.16. The number of nitrogens with one attached hydrogen (secondary N) is 1. The lowest BCUT2D eigenvalue weighted by atomic mass is 10.1. The number of benzene rings is 1. The van der Waals surface area contributed by atoms with Gasteiger partial charge in [0.25, 0.3) is 0 Å². The van der Waals surface area contributed by atoms with Gasteiger partial charge in [0.2, 0.25) is 0 Å². The van der Waals surface area contributed by atoms with Crippen molar-refractivity contribution in [3.63, 3.8) is 0 Å². The van der Waals surface area contributed by atoms with Gasteiger partial charge in [0.15, 0.2) is 0 Å². The van der Waals surface area contributed by atoms with Crippen LogP contribution in [-0.2, 0) is 4.74 Å². The van der Waals surface area contributed by atoms with Crippen LogP contribution in [0.1, 0.15) is 5.56 Å². The molecule has 1 aromatic carbocycles. The normalized spacial score (nSPS) is 27.6. The van der Waals surface area contributed by atoms with E-state index < -0.39 is 0 Å². The van der Waals surface area contributed by atoms with E-state index in [0.29, 0.717) is 18.8 Å². The van der Waals surface area contributed by atoms with Crippen molar-refractivity contribution < 1.29 is 14.2 Å². The molecule has 1 aromatic rings. The Bertz CT molecular complexity index is 573. The van der Waals surface area contributed by atoms with Crippen molar-refractivity contribution in [2.75, 3.05) is 46.5 Å². The van der Waals surface area contributed by atoms with Crippen LogP contribution in [0, 0.1) is 0 Å². The molecule has 22 heavy (non-hydrogen) atoms. The number of fused-ring (bicyclic) bond motifs is 2. The fourth-order valence-corrected chi connectivity index (χ4v) is 3.51. The molecular weight excluding hydrogens is 280 g/mol. The molecule has 0 unspecified atom stereocenters. The van der Waals surface area contributed by atoms with Crippen molar-refractivity contribution in [1.29, 1.82) is 0 Å². The molecule has 0 spiro atoms. The van der Waals surface area contributed by atoms with Crippen molar-refractivity contribution in [2.45, 2.75) is 12.1 Å². The summed E-state index contributed by atoms with van der Waals surface area (Å²) in [6, 6.07) is 6.42. The van der Waals surface area contributed by atoms with Gasteiger partial charge in [-0.1, -0.05) is 0 Å². The molecule has 2 saturated heterocycles. The quantitative estimate of drug-likeness (QED) is 0.907. The first-order chi connectivity index (χ1) is 10.8. The van der Waals surface area contributed by atoms with Crippen LogP contribution in [0.15, 0.2) is 23.8 Å². The zero-order valence-electron chi connectivity index (χ0n) is 12.9. The van der Waals surface area contributed by atoms with Gasteiger partial charge < -0.3 is 19.5 Å². The molecular formula is C17H22N2O3. The van der Waals surface area contributed by atoms with Crippen LogP contribution in [0.2, 0.25) is 0 Å². The molecule has 0 amide bonds. The van der Waals surface area contributed by atoms with Crippen LogP contribution >= 0.6 is 0 Å². The fraction of sp³-hybridized carbons (Fsp3) is 0.529. The second kappa shape index (κ2) is 5.91. The monoisotopic (exact) mass is 302 g/mol. The summed E-state index contributed by atoms with van der Waals surface area (Å²) in [5.74, 6) is 1.80. The SMILES string of the molecule is COc1ccc2c(c1)C=C(CN1C[C@@H]3NCCO[C@H]3C1)CO2. The molecule has 5 nitrogen and oxygen atoms in total. The number of hydrogen-bond donors (Lipinski definition) is 1. The summed E-state index contributed by atoms with van der Waals surface area (Å²) in [5.41, 5.74) is 2.41. The highest BCUT2D eigenvalue weighted by Crippen LogP contribution is 2.30. The van der Waals surface area contributed by atoms with E-state index >= 15 is 0 Å². The maximum absolute atomic E-state index is 5.87. The third-order valence-corrected chi connectivity index (χ3v) is 4.60. The Morgan fingerprint density at radius 2 is 2.32 bits per heavy atom. The summed E-state index contributed by atoms with van der Waals surface area (Å²) < 4.78 is 17.0. The minimum absolute atomic E-state index is 0.339. The molecule has 118 valence electrons. The van der Waals surface area contributed by atoms with Crippen molar-refractivity contribution >= 4 is 6.08 Å². The lowest BCUT2D eigenvalue weighted by Gasteiger charge is -2.25. The Morgan fingerprint density at radius 3 is 3.18 bits per heavy atom. The Labute approximate surface area is 130 Å². The Hall–Kier alpha value is -1.56. The maximum atomic E-state index is 5.87. The maximum Gasteiger partial charge on any atom is 0.127 e. The van der Waals surface area contributed by atoms with Gasteiger partial charge in [-0.3, -0.25) is 4.90 Å². The van der Waals surface area contributed by atoms with Gasteiger partial charge >= 0.3 is 0 Å². The zero-order chi connectivity index (χ0) is 14.9. The van der Waals surface area contributed by atoms with E-state index in [9.17, 15) is 0 Å². The first kappa shape index (κ1) is 14.1. The predicted molar refractivity (Wildman–Crippen MR) is 84.4 cm³/mol. The molecule has 4 rings (SSSR count). The van der Waals surface area contributed by atoms with E-state index in [1.807, 2.05) is 18.2 Å². The minimum Gasteiger partial charge on any atom is -0.497 e. The summed E-state index contributed by atoms with van der Waals surface area (Å²) in [5, 5.41) is 3.55. The number of likely N-dealkylation sites (tertiary alicyclic amines) is 1. The van der Waals surface area contributed by atoms with E-state index in [1.165, 1.54) is 5.57 Å². The highest BCUT2D eigenvalue weighted by Gasteiger charge is 2.35. The molecule has 0 aliphatic carbocycles. The lowest BCUT2D eigenvalue weighted by molar-refractivity contribution is 0.0179. The Kier molecular flexibility index (Phi) is 3.78. The largest absolute Gasteiger partial charge is 0.497 e. The third-order valence-electron chi connectivity index (χ3n) is 4.60. The molecule has 3 heterocycles. The molecule has 5 heteroatoms. The van der Waals surface area contributed by atoms with Crippen molar-refractivity contribution in [1.82, 2.24) is 10.2 Å². The first-order valence-electron chi connectivity index (χ1n) is 7.89. The minimum atomic E-state index is 0.339. The van der Waals surface area contributed by atoms with Crippen LogP contribution in [-0.4, -0.2) is 63.5 Å². The molecule has 3 aliphatic heterocycles. The van der Waals surface area contributed by atoms with Crippen LogP contribution in [0.4, 0.5) is 0 Å². The Balaban J connectivity index is 1.46. The van der Waals surface area contributed by atoms with Gasteiger partial charge in [0.1, 0.15) is 18.1 Å². The molecule has 2 atom stereocenters. The molecule has 3 aliphatic rings. The van der Waals surface area contributed by atoms with Gasteiger partial charge in [-0.2, -0.15) is 0 Å².